The average Bonchev–Trinajstić information content (AvgIpc) is 2.82. The summed E-state index contributed by atoms with van der Waals surface area (Å²) >= 11 is 0. The molecular weight excluding hydrogens is 468 g/mol. The number of carboxylic acid groups (broad SMARTS) is 2. The molecule has 12 heteroatoms. The van der Waals surface area contributed by atoms with Crippen LogP contribution >= 0.6 is 0 Å². The Bertz CT molecular complexity index is 626. The van der Waals surface area contributed by atoms with Gasteiger partial charge in [0, 0.05) is 78.5 Å². The number of nitrogens with one attached hydrogen (secondary N) is 2. The zero-order valence-corrected chi connectivity index (χ0v) is 22.3. The number of carboxylic acids is 2. The smallest absolute Gasteiger partial charge is 0.317 e. The molecule has 1 fully saturated rings. The van der Waals surface area contributed by atoms with Crippen molar-refractivity contribution >= 4 is 17.8 Å². The van der Waals surface area contributed by atoms with E-state index in [9.17, 15) is 24.6 Å². The van der Waals surface area contributed by atoms with Crippen LogP contribution in [0.25, 0.3) is 0 Å². The third kappa shape index (κ3) is 16.8. The first-order valence-electron chi connectivity index (χ1n) is 13.2. The van der Waals surface area contributed by atoms with Crippen molar-refractivity contribution in [2.24, 2.45) is 0 Å². The first kappa shape index (κ1) is 32.2. The number of rotatable bonds is 16. The number of nitrogens with zero attached hydrogens (tertiary/aromatic N) is 4. The monoisotopic (exact) mass is 516 g/mol. The number of amides is 1. The number of hydrogen-bond acceptors (Lipinski definition) is 9. The summed E-state index contributed by atoms with van der Waals surface area (Å²) in [5.74, 6) is -1.73. The van der Waals surface area contributed by atoms with E-state index in [4.69, 9.17) is 4.74 Å². The Kier molecular flexibility index (Phi) is 18.1. The summed E-state index contributed by atoms with van der Waals surface area (Å²) in [6.45, 7) is 13.3. The molecule has 0 aromatic carbocycles. The minimum Gasteiger partial charge on any atom is -0.480 e. The van der Waals surface area contributed by atoms with E-state index in [1.165, 1.54) is 0 Å². The lowest BCUT2D eigenvalue weighted by Crippen LogP contribution is -2.49. The van der Waals surface area contributed by atoms with E-state index >= 15 is 0 Å². The molecule has 0 radical (unpaired) electrons. The summed E-state index contributed by atoms with van der Waals surface area (Å²) in [6.07, 6.45) is 2.41. The largest absolute Gasteiger partial charge is 0.480 e. The van der Waals surface area contributed by atoms with E-state index in [0.29, 0.717) is 72.1 Å². The van der Waals surface area contributed by atoms with Crippen LogP contribution in [-0.2, 0) is 19.1 Å². The van der Waals surface area contributed by atoms with Crippen LogP contribution in [-0.4, -0.2) is 153 Å². The molecule has 12 nitrogen and oxygen atoms in total. The summed E-state index contributed by atoms with van der Waals surface area (Å²) in [7, 11) is 0. The second-order valence-electron chi connectivity index (χ2n) is 9.12. The molecule has 0 aromatic rings. The second-order valence-corrected chi connectivity index (χ2v) is 9.12. The number of unbranched alkanes of at least 4 members (excludes halogenated alkanes) is 1. The maximum absolute atomic E-state index is 11.7. The van der Waals surface area contributed by atoms with Crippen LogP contribution in [0.2, 0.25) is 0 Å². The van der Waals surface area contributed by atoms with Gasteiger partial charge in [-0.2, -0.15) is 0 Å². The highest BCUT2D eigenvalue weighted by Gasteiger charge is 2.18. The summed E-state index contributed by atoms with van der Waals surface area (Å²) in [5, 5.41) is 24.8. The van der Waals surface area contributed by atoms with Gasteiger partial charge in [-0.05, 0) is 13.0 Å². The van der Waals surface area contributed by atoms with Crippen molar-refractivity contribution in [2.45, 2.75) is 33.1 Å². The fourth-order valence-corrected chi connectivity index (χ4v) is 3.89. The van der Waals surface area contributed by atoms with Gasteiger partial charge in [0.1, 0.15) is 0 Å². The lowest BCUT2D eigenvalue weighted by Gasteiger charge is -2.33. The minimum atomic E-state index is -0.884. The fourth-order valence-electron chi connectivity index (χ4n) is 3.89. The van der Waals surface area contributed by atoms with Gasteiger partial charge in [0.2, 0.25) is 5.91 Å². The SMILES string of the molecule is CCCCNC(=O)CCOCCNCN1CCN(CC)CCN(CC(=O)O)CCN(CC(=O)O)CC1. The Morgan fingerprint density at radius 2 is 1.28 bits per heavy atom. The molecule has 1 heterocycles. The van der Waals surface area contributed by atoms with Crippen LogP contribution in [0, 0.1) is 0 Å². The third-order valence-electron chi connectivity index (χ3n) is 6.18. The summed E-state index contributed by atoms with van der Waals surface area (Å²) in [4.78, 5) is 42.6. The molecule has 1 aliphatic rings. The van der Waals surface area contributed by atoms with E-state index in [0.717, 1.165) is 39.0 Å². The Hall–Kier alpha value is -1.83. The molecular formula is C24H48N6O6. The number of carbonyl (C=O) groups is 3. The highest BCUT2D eigenvalue weighted by molar-refractivity contribution is 5.75. The van der Waals surface area contributed by atoms with Gasteiger partial charge in [0.15, 0.2) is 0 Å². The van der Waals surface area contributed by atoms with Crippen LogP contribution in [0.3, 0.4) is 0 Å². The van der Waals surface area contributed by atoms with Gasteiger partial charge in [-0.25, -0.2) is 0 Å². The normalized spacial score (nSPS) is 17.8. The van der Waals surface area contributed by atoms with Crippen molar-refractivity contribution in [1.82, 2.24) is 30.2 Å². The van der Waals surface area contributed by atoms with E-state index in [2.05, 4.69) is 34.3 Å². The highest BCUT2D eigenvalue weighted by atomic mass is 16.5. The van der Waals surface area contributed by atoms with Crippen molar-refractivity contribution in [3.63, 3.8) is 0 Å². The standard InChI is InChI=1S/C24H48N6O6/c1-3-5-7-26-22(31)6-17-36-18-8-25-21-30-15-10-27(4-2)9-11-28(19-23(32)33)12-13-29(14-16-30)20-24(34)35/h25H,3-21H2,1-2H3,(H,26,31)(H,32,33)(H,34,35). The first-order chi connectivity index (χ1) is 17.3. The quantitative estimate of drug-likeness (QED) is 0.193. The van der Waals surface area contributed by atoms with Gasteiger partial charge in [-0.1, -0.05) is 20.3 Å². The molecule has 0 atom stereocenters. The van der Waals surface area contributed by atoms with Crippen LogP contribution in [0.1, 0.15) is 33.1 Å². The van der Waals surface area contributed by atoms with Gasteiger partial charge in [-0.3, -0.25) is 29.1 Å². The van der Waals surface area contributed by atoms with Crippen LogP contribution in [0.5, 0.6) is 0 Å². The molecule has 0 saturated carbocycles. The number of carbonyl (C=O) groups excluding carboxylic acids is 1. The topological polar surface area (TPSA) is 138 Å². The van der Waals surface area contributed by atoms with E-state index in [-0.39, 0.29) is 19.0 Å². The van der Waals surface area contributed by atoms with E-state index in [1.54, 1.807) is 0 Å². The molecule has 0 bridgehead atoms. The summed E-state index contributed by atoms with van der Waals surface area (Å²) < 4.78 is 5.57. The molecule has 1 aliphatic heterocycles. The van der Waals surface area contributed by atoms with Crippen molar-refractivity contribution in [3.05, 3.63) is 0 Å². The molecule has 36 heavy (non-hydrogen) atoms. The molecule has 1 rings (SSSR count). The molecule has 1 saturated heterocycles. The average molecular weight is 517 g/mol. The highest BCUT2D eigenvalue weighted by Crippen LogP contribution is 2.00. The summed E-state index contributed by atoms with van der Waals surface area (Å²) in [5.41, 5.74) is 0. The van der Waals surface area contributed by atoms with Gasteiger partial charge >= 0.3 is 11.9 Å². The van der Waals surface area contributed by atoms with Crippen LogP contribution in [0.15, 0.2) is 0 Å². The van der Waals surface area contributed by atoms with Gasteiger partial charge < -0.3 is 30.5 Å². The number of hydrogen-bond donors (Lipinski definition) is 4. The lowest BCUT2D eigenvalue weighted by molar-refractivity contribution is -0.140. The maximum Gasteiger partial charge on any atom is 0.317 e. The Labute approximate surface area is 215 Å². The Balaban J connectivity index is 2.48. The molecule has 210 valence electrons. The third-order valence-corrected chi connectivity index (χ3v) is 6.18. The van der Waals surface area contributed by atoms with Crippen LogP contribution in [0.4, 0.5) is 0 Å². The molecule has 0 aromatic heterocycles. The number of aliphatic carboxylic acids is 2. The minimum absolute atomic E-state index is 0.0215. The van der Waals surface area contributed by atoms with Gasteiger partial charge in [-0.15, -0.1) is 0 Å². The second kappa shape index (κ2) is 20.3. The molecule has 0 spiro atoms. The van der Waals surface area contributed by atoms with Crippen molar-refractivity contribution < 1.29 is 29.3 Å². The lowest BCUT2D eigenvalue weighted by atomic mass is 10.3. The Morgan fingerprint density at radius 3 is 1.78 bits per heavy atom. The number of ether oxygens (including phenoxy) is 1. The zero-order valence-electron chi connectivity index (χ0n) is 22.3. The van der Waals surface area contributed by atoms with Gasteiger partial charge in [0.05, 0.1) is 26.3 Å². The number of likely N-dealkylation sites (N-methyl/N-ethyl adjacent to an activating group) is 1. The van der Waals surface area contributed by atoms with E-state index in [1.807, 2.05) is 9.80 Å². The summed E-state index contributed by atoms with van der Waals surface area (Å²) in [6, 6.07) is 0. The van der Waals surface area contributed by atoms with Crippen molar-refractivity contribution in [2.75, 3.05) is 105 Å². The maximum atomic E-state index is 11.7. The fraction of sp³-hybridized carbons (Fsp3) is 0.875. The van der Waals surface area contributed by atoms with Crippen molar-refractivity contribution in [3.8, 4) is 0 Å². The van der Waals surface area contributed by atoms with E-state index < -0.39 is 11.9 Å². The first-order valence-corrected chi connectivity index (χ1v) is 13.2. The van der Waals surface area contributed by atoms with Gasteiger partial charge in [0.25, 0.3) is 0 Å². The predicted molar refractivity (Wildman–Crippen MR) is 138 cm³/mol. The molecule has 4 N–H and O–H groups in total. The predicted octanol–water partition coefficient (Wildman–Crippen LogP) is -0.733. The molecule has 1 amide bonds. The zero-order chi connectivity index (χ0) is 26.6. The molecule has 0 unspecified atom stereocenters. The molecule has 0 aliphatic carbocycles. The Morgan fingerprint density at radius 1 is 0.750 bits per heavy atom. The van der Waals surface area contributed by atoms with Crippen LogP contribution < -0.4 is 10.6 Å². The van der Waals surface area contributed by atoms with Crippen molar-refractivity contribution in [1.29, 1.82) is 0 Å².